The van der Waals surface area contributed by atoms with Crippen molar-refractivity contribution < 1.29 is 4.79 Å². The number of hydrogen-bond donors (Lipinski definition) is 2. The van der Waals surface area contributed by atoms with Gasteiger partial charge in [0.25, 0.3) is 0 Å². The van der Waals surface area contributed by atoms with E-state index in [1.165, 1.54) is 12.8 Å². The fraction of sp³-hybridized carbons (Fsp3) is 0.900. The highest BCUT2D eigenvalue weighted by atomic mass is 16.1. The van der Waals surface area contributed by atoms with Crippen molar-refractivity contribution in [2.75, 3.05) is 20.1 Å². The van der Waals surface area contributed by atoms with Crippen LogP contribution < -0.4 is 10.6 Å². The Bertz CT molecular complexity index is 164. The van der Waals surface area contributed by atoms with Gasteiger partial charge in [-0.15, -0.1) is 0 Å². The van der Waals surface area contributed by atoms with Crippen LogP contribution in [0.25, 0.3) is 0 Å². The van der Waals surface area contributed by atoms with Crippen LogP contribution in [0.1, 0.15) is 26.2 Å². The van der Waals surface area contributed by atoms with Crippen LogP contribution in [0.15, 0.2) is 0 Å². The third kappa shape index (κ3) is 3.35. The largest absolute Gasteiger partial charge is 0.359 e. The minimum absolute atomic E-state index is 0.165. The molecule has 0 aromatic carbocycles. The molecule has 76 valence electrons. The zero-order chi connectivity index (χ0) is 9.68. The molecule has 0 bridgehead atoms. The van der Waals surface area contributed by atoms with Crippen molar-refractivity contribution in [3.63, 3.8) is 0 Å². The molecule has 0 aromatic rings. The number of nitrogens with one attached hydrogen (secondary N) is 2. The maximum atomic E-state index is 11.1. The van der Waals surface area contributed by atoms with Gasteiger partial charge < -0.3 is 10.6 Å². The van der Waals surface area contributed by atoms with E-state index in [1.54, 1.807) is 7.05 Å². The van der Waals surface area contributed by atoms with Crippen molar-refractivity contribution >= 4 is 5.91 Å². The van der Waals surface area contributed by atoms with Gasteiger partial charge >= 0.3 is 0 Å². The van der Waals surface area contributed by atoms with Gasteiger partial charge in [0.2, 0.25) is 5.91 Å². The number of hydrogen-bond acceptors (Lipinski definition) is 2. The van der Waals surface area contributed by atoms with Crippen molar-refractivity contribution in [1.82, 2.24) is 10.6 Å². The van der Waals surface area contributed by atoms with Crippen molar-refractivity contribution in [2.24, 2.45) is 11.8 Å². The fourth-order valence-electron chi connectivity index (χ4n) is 1.93. The molecule has 1 heterocycles. The normalized spacial score (nSPS) is 25.2. The van der Waals surface area contributed by atoms with Crippen LogP contribution in [0.2, 0.25) is 0 Å². The third-order valence-corrected chi connectivity index (χ3v) is 2.93. The summed E-state index contributed by atoms with van der Waals surface area (Å²) in [6, 6.07) is 0. The summed E-state index contributed by atoms with van der Waals surface area (Å²) in [6.07, 6.45) is 3.19. The molecular formula is C10H20N2O. The summed E-state index contributed by atoms with van der Waals surface area (Å²) in [6.45, 7) is 4.40. The SMILES string of the molecule is CNC(=O)C[C@H](C)[C@@H]1CCCNC1. The lowest BCUT2D eigenvalue weighted by molar-refractivity contribution is -0.121. The molecule has 3 nitrogen and oxygen atoms in total. The molecule has 2 N–H and O–H groups in total. The number of rotatable bonds is 3. The van der Waals surface area contributed by atoms with E-state index < -0.39 is 0 Å². The molecule has 0 saturated carbocycles. The van der Waals surface area contributed by atoms with Gasteiger partial charge in [0, 0.05) is 13.5 Å². The Kier molecular flexibility index (Phi) is 4.22. The van der Waals surface area contributed by atoms with E-state index >= 15 is 0 Å². The maximum Gasteiger partial charge on any atom is 0.220 e. The summed E-state index contributed by atoms with van der Waals surface area (Å²) >= 11 is 0. The van der Waals surface area contributed by atoms with Crippen LogP contribution in [0.4, 0.5) is 0 Å². The van der Waals surface area contributed by atoms with Crippen LogP contribution in [0.5, 0.6) is 0 Å². The maximum absolute atomic E-state index is 11.1. The Morgan fingerprint density at radius 2 is 2.46 bits per heavy atom. The number of piperidine rings is 1. The molecule has 1 amide bonds. The summed E-state index contributed by atoms with van der Waals surface area (Å²) in [5.41, 5.74) is 0. The fourth-order valence-corrected chi connectivity index (χ4v) is 1.93. The minimum atomic E-state index is 0.165. The Balaban J connectivity index is 2.28. The highest BCUT2D eigenvalue weighted by molar-refractivity contribution is 5.75. The lowest BCUT2D eigenvalue weighted by Crippen LogP contribution is -2.35. The second kappa shape index (κ2) is 5.22. The summed E-state index contributed by atoms with van der Waals surface area (Å²) in [5, 5.41) is 6.05. The zero-order valence-electron chi connectivity index (χ0n) is 8.60. The molecule has 0 unspecified atom stereocenters. The number of amides is 1. The average Bonchev–Trinajstić information content (AvgIpc) is 2.19. The highest BCUT2D eigenvalue weighted by Crippen LogP contribution is 2.22. The Labute approximate surface area is 80.3 Å². The lowest BCUT2D eigenvalue weighted by Gasteiger charge is -2.27. The van der Waals surface area contributed by atoms with Crippen LogP contribution in [0, 0.1) is 11.8 Å². The smallest absolute Gasteiger partial charge is 0.220 e. The van der Waals surface area contributed by atoms with Gasteiger partial charge in [-0.2, -0.15) is 0 Å². The first-order valence-corrected chi connectivity index (χ1v) is 5.15. The molecule has 1 fully saturated rings. The van der Waals surface area contributed by atoms with Crippen molar-refractivity contribution in [3.05, 3.63) is 0 Å². The second-order valence-corrected chi connectivity index (χ2v) is 3.96. The Hall–Kier alpha value is -0.570. The topological polar surface area (TPSA) is 41.1 Å². The van der Waals surface area contributed by atoms with E-state index in [2.05, 4.69) is 17.6 Å². The van der Waals surface area contributed by atoms with Gasteiger partial charge in [0.1, 0.15) is 0 Å². The molecule has 0 aromatic heterocycles. The van der Waals surface area contributed by atoms with Crippen LogP contribution in [-0.2, 0) is 4.79 Å². The molecule has 3 heteroatoms. The molecule has 1 rings (SSSR count). The lowest BCUT2D eigenvalue weighted by atomic mass is 9.85. The highest BCUT2D eigenvalue weighted by Gasteiger charge is 2.21. The minimum Gasteiger partial charge on any atom is -0.359 e. The summed E-state index contributed by atoms with van der Waals surface area (Å²) < 4.78 is 0. The predicted octanol–water partition coefficient (Wildman–Crippen LogP) is 0.758. The van der Waals surface area contributed by atoms with Crippen molar-refractivity contribution in [1.29, 1.82) is 0 Å². The molecule has 1 aliphatic heterocycles. The molecule has 1 saturated heterocycles. The molecular weight excluding hydrogens is 164 g/mol. The van der Waals surface area contributed by atoms with E-state index in [0.29, 0.717) is 18.3 Å². The summed E-state index contributed by atoms with van der Waals surface area (Å²) in [5.74, 6) is 1.36. The summed E-state index contributed by atoms with van der Waals surface area (Å²) in [4.78, 5) is 11.1. The second-order valence-electron chi connectivity index (χ2n) is 3.96. The first-order chi connectivity index (χ1) is 6.24. The first-order valence-electron chi connectivity index (χ1n) is 5.15. The molecule has 0 spiro atoms. The van der Waals surface area contributed by atoms with E-state index in [-0.39, 0.29) is 5.91 Å². The predicted molar refractivity (Wildman–Crippen MR) is 53.4 cm³/mol. The molecule has 1 aliphatic rings. The van der Waals surface area contributed by atoms with Gasteiger partial charge in [0.15, 0.2) is 0 Å². The molecule has 0 aliphatic carbocycles. The van der Waals surface area contributed by atoms with Gasteiger partial charge in [-0.3, -0.25) is 4.79 Å². The van der Waals surface area contributed by atoms with Crippen LogP contribution in [0.3, 0.4) is 0 Å². The number of carbonyl (C=O) groups is 1. The number of carbonyl (C=O) groups excluding carboxylic acids is 1. The zero-order valence-corrected chi connectivity index (χ0v) is 8.60. The van der Waals surface area contributed by atoms with E-state index in [9.17, 15) is 4.79 Å². The van der Waals surface area contributed by atoms with Crippen molar-refractivity contribution in [3.8, 4) is 0 Å². The third-order valence-electron chi connectivity index (χ3n) is 2.93. The summed E-state index contributed by atoms with van der Waals surface area (Å²) in [7, 11) is 1.70. The molecule has 2 atom stereocenters. The Morgan fingerprint density at radius 1 is 1.69 bits per heavy atom. The first kappa shape index (κ1) is 10.5. The molecule has 0 radical (unpaired) electrons. The van der Waals surface area contributed by atoms with Crippen LogP contribution in [-0.4, -0.2) is 26.0 Å². The van der Waals surface area contributed by atoms with Gasteiger partial charge in [-0.25, -0.2) is 0 Å². The Morgan fingerprint density at radius 3 is 3.00 bits per heavy atom. The molecule has 13 heavy (non-hydrogen) atoms. The van der Waals surface area contributed by atoms with E-state index in [4.69, 9.17) is 0 Å². The van der Waals surface area contributed by atoms with Gasteiger partial charge in [0.05, 0.1) is 0 Å². The van der Waals surface area contributed by atoms with Crippen LogP contribution >= 0.6 is 0 Å². The van der Waals surface area contributed by atoms with E-state index in [1.807, 2.05) is 0 Å². The quantitative estimate of drug-likeness (QED) is 0.680. The van der Waals surface area contributed by atoms with Crippen molar-refractivity contribution in [2.45, 2.75) is 26.2 Å². The standard InChI is InChI=1S/C10H20N2O/c1-8(6-10(13)11-2)9-4-3-5-12-7-9/h8-9,12H,3-7H2,1-2H3,(H,11,13)/t8-,9+/m0/s1. The van der Waals surface area contributed by atoms with Gasteiger partial charge in [-0.05, 0) is 37.8 Å². The average molecular weight is 184 g/mol. The van der Waals surface area contributed by atoms with E-state index in [0.717, 1.165) is 13.1 Å². The monoisotopic (exact) mass is 184 g/mol. The van der Waals surface area contributed by atoms with Gasteiger partial charge in [-0.1, -0.05) is 6.92 Å².